The Bertz CT molecular complexity index is 515. The monoisotopic (exact) mass is 393 g/mol. The molecule has 1 aromatic heterocycles. The summed E-state index contributed by atoms with van der Waals surface area (Å²) < 4.78 is 11.3. The van der Waals surface area contributed by atoms with Crippen molar-refractivity contribution in [2.75, 3.05) is 45.9 Å². The summed E-state index contributed by atoms with van der Waals surface area (Å²) >= 11 is 0. The predicted molar refractivity (Wildman–Crippen MR) is 102 cm³/mol. The van der Waals surface area contributed by atoms with E-state index in [-0.39, 0.29) is 42.7 Å². The molecular weight excluding hydrogens is 365 g/mol. The Morgan fingerprint density at radius 3 is 2.72 bits per heavy atom. The lowest BCUT2D eigenvalue weighted by molar-refractivity contribution is -0.125. The fourth-order valence-corrected chi connectivity index (χ4v) is 3.35. The summed E-state index contributed by atoms with van der Waals surface area (Å²) in [5.74, 6) is 2.07. The van der Waals surface area contributed by atoms with Crippen LogP contribution in [0.4, 0.5) is 0 Å². The molecule has 0 radical (unpaired) electrons. The number of carbonyl (C=O) groups is 1. The first-order chi connectivity index (χ1) is 11.2. The third kappa shape index (κ3) is 6.15. The molecule has 2 N–H and O–H groups in total. The van der Waals surface area contributed by atoms with Crippen LogP contribution >= 0.6 is 24.8 Å². The van der Waals surface area contributed by atoms with Crippen LogP contribution in [0.3, 0.4) is 0 Å². The van der Waals surface area contributed by atoms with Crippen LogP contribution in [0.25, 0.3) is 0 Å². The quantitative estimate of drug-likeness (QED) is 0.799. The molecule has 2 atom stereocenters. The summed E-state index contributed by atoms with van der Waals surface area (Å²) in [5, 5.41) is 6.43. The highest BCUT2D eigenvalue weighted by Gasteiger charge is 2.27. The Hall–Kier alpha value is -0.790. The lowest BCUT2D eigenvalue weighted by Crippen LogP contribution is -2.46. The predicted octanol–water partition coefficient (Wildman–Crippen LogP) is 1.92. The molecular formula is C17H29Cl2N3O3. The van der Waals surface area contributed by atoms with E-state index in [0.717, 1.165) is 63.8 Å². The Labute approximate surface area is 161 Å². The van der Waals surface area contributed by atoms with Gasteiger partial charge < -0.3 is 19.8 Å². The van der Waals surface area contributed by atoms with E-state index in [2.05, 4.69) is 15.5 Å². The van der Waals surface area contributed by atoms with Crippen LogP contribution in [0.15, 0.2) is 16.5 Å². The van der Waals surface area contributed by atoms with Gasteiger partial charge in [0, 0.05) is 26.2 Å². The maximum atomic E-state index is 12.4. The minimum atomic E-state index is 0. The van der Waals surface area contributed by atoms with Gasteiger partial charge in [-0.3, -0.25) is 9.69 Å². The number of nitrogens with one attached hydrogen (secondary N) is 2. The summed E-state index contributed by atoms with van der Waals surface area (Å²) in [6, 6.07) is 4.08. The average molecular weight is 394 g/mol. The molecule has 25 heavy (non-hydrogen) atoms. The first-order valence-corrected chi connectivity index (χ1v) is 8.60. The third-order valence-electron chi connectivity index (χ3n) is 4.71. The highest BCUT2D eigenvalue weighted by atomic mass is 35.5. The second-order valence-electron chi connectivity index (χ2n) is 6.40. The number of carbonyl (C=O) groups excluding carboxylic acids is 1. The van der Waals surface area contributed by atoms with Gasteiger partial charge in [-0.1, -0.05) is 0 Å². The van der Waals surface area contributed by atoms with Crippen LogP contribution in [0.5, 0.6) is 0 Å². The van der Waals surface area contributed by atoms with E-state index in [4.69, 9.17) is 9.15 Å². The molecule has 2 fully saturated rings. The van der Waals surface area contributed by atoms with Crippen molar-refractivity contribution in [3.8, 4) is 0 Å². The third-order valence-corrected chi connectivity index (χ3v) is 4.71. The number of hydrogen-bond acceptors (Lipinski definition) is 5. The SMILES string of the molecule is Cc1ccc(C(CNC(=O)C2CCCNC2)N2CCOCC2)o1.Cl.Cl. The minimum Gasteiger partial charge on any atom is -0.465 e. The van der Waals surface area contributed by atoms with Crippen molar-refractivity contribution in [1.82, 2.24) is 15.5 Å². The molecule has 0 bridgehead atoms. The smallest absolute Gasteiger partial charge is 0.224 e. The van der Waals surface area contributed by atoms with Crippen molar-refractivity contribution in [1.29, 1.82) is 0 Å². The highest BCUT2D eigenvalue weighted by Crippen LogP contribution is 2.23. The summed E-state index contributed by atoms with van der Waals surface area (Å²) in [5.41, 5.74) is 0. The van der Waals surface area contributed by atoms with Crippen LogP contribution in [0.2, 0.25) is 0 Å². The molecule has 6 nitrogen and oxygen atoms in total. The molecule has 2 aliphatic heterocycles. The molecule has 0 spiro atoms. The van der Waals surface area contributed by atoms with E-state index in [0.29, 0.717) is 6.54 Å². The molecule has 3 heterocycles. The molecule has 1 aromatic rings. The van der Waals surface area contributed by atoms with E-state index >= 15 is 0 Å². The zero-order valence-corrected chi connectivity index (χ0v) is 16.3. The summed E-state index contributed by atoms with van der Waals surface area (Å²) in [4.78, 5) is 14.7. The van der Waals surface area contributed by atoms with Gasteiger partial charge >= 0.3 is 0 Å². The molecule has 0 aromatic carbocycles. The minimum absolute atomic E-state index is 0. The van der Waals surface area contributed by atoms with E-state index in [1.807, 2.05) is 19.1 Å². The lowest BCUT2D eigenvalue weighted by Gasteiger charge is -2.34. The fourth-order valence-electron chi connectivity index (χ4n) is 3.35. The number of furan rings is 1. The number of piperidine rings is 1. The van der Waals surface area contributed by atoms with Gasteiger partial charge in [-0.15, -0.1) is 24.8 Å². The molecule has 8 heteroatoms. The largest absolute Gasteiger partial charge is 0.465 e. The molecule has 144 valence electrons. The number of hydrogen-bond donors (Lipinski definition) is 2. The molecule has 2 aliphatic rings. The first kappa shape index (κ1) is 22.3. The lowest BCUT2D eigenvalue weighted by atomic mass is 9.98. The average Bonchev–Trinajstić information content (AvgIpc) is 3.03. The van der Waals surface area contributed by atoms with Crippen molar-refractivity contribution in [3.05, 3.63) is 23.7 Å². The van der Waals surface area contributed by atoms with Gasteiger partial charge in [0.15, 0.2) is 0 Å². The van der Waals surface area contributed by atoms with Crippen LogP contribution in [-0.4, -0.2) is 56.7 Å². The molecule has 1 amide bonds. The first-order valence-electron chi connectivity index (χ1n) is 8.60. The van der Waals surface area contributed by atoms with E-state index in [9.17, 15) is 4.79 Å². The maximum Gasteiger partial charge on any atom is 0.224 e. The molecule has 0 aliphatic carbocycles. The fraction of sp³-hybridized carbons (Fsp3) is 0.706. The number of halogens is 2. The topological polar surface area (TPSA) is 66.7 Å². The van der Waals surface area contributed by atoms with Gasteiger partial charge in [-0.05, 0) is 38.4 Å². The van der Waals surface area contributed by atoms with Crippen LogP contribution < -0.4 is 10.6 Å². The van der Waals surface area contributed by atoms with Gasteiger partial charge in [0.25, 0.3) is 0 Å². The number of nitrogens with zero attached hydrogens (tertiary/aromatic N) is 1. The van der Waals surface area contributed by atoms with Crippen LogP contribution in [-0.2, 0) is 9.53 Å². The Balaban J connectivity index is 0.00000156. The molecule has 2 unspecified atom stereocenters. The van der Waals surface area contributed by atoms with Crippen LogP contribution in [0, 0.1) is 12.8 Å². The normalized spacial score (nSPS) is 22.4. The number of amides is 1. The Morgan fingerprint density at radius 1 is 1.36 bits per heavy atom. The summed E-state index contributed by atoms with van der Waals surface area (Å²) in [6.07, 6.45) is 2.04. The van der Waals surface area contributed by atoms with E-state index in [1.54, 1.807) is 0 Å². The number of aryl methyl sites for hydroxylation is 1. The second-order valence-corrected chi connectivity index (χ2v) is 6.40. The van der Waals surface area contributed by atoms with Crippen molar-refractivity contribution < 1.29 is 13.9 Å². The van der Waals surface area contributed by atoms with Gasteiger partial charge in [0.1, 0.15) is 11.5 Å². The maximum absolute atomic E-state index is 12.4. The summed E-state index contributed by atoms with van der Waals surface area (Å²) in [6.45, 7) is 7.54. The van der Waals surface area contributed by atoms with E-state index < -0.39 is 0 Å². The van der Waals surface area contributed by atoms with Gasteiger partial charge in [-0.2, -0.15) is 0 Å². The van der Waals surface area contributed by atoms with Crippen LogP contribution in [0.1, 0.15) is 30.4 Å². The zero-order chi connectivity index (χ0) is 16.1. The zero-order valence-electron chi connectivity index (χ0n) is 14.7. The van der Waals surface area contributed by atoms with Gasteiger partial charge in [0.2, 0.25) is 5.91 Å². The molecule has 0 saturated carbocycles. The molecule has 2 saturated heterocycles. The van der Waals surface area contributed by atoms with Gasteiger partial charge in [0.05, 0.1) is 25.2 Å². The number of rotatable bonds is 5. The van der Waals surface area contributed by atoms with Crippen molar-refractivity contribution in [2.24, 2.45) is 5.92 Å². The van der Waals surface area contributed by atoms with Crippen molar-refractivity contribution in [3.63, 3.8) is 0 Å². The second kappa shape index (κ2) is 11.0. The Morgan fingerprint density at radius 2 is 2.12 bits per heavy atom. The van der Waals surface area contributed by atoms with E-state index in [1.165, 1.54) is 0 Å². The standard InChI is InChI=1S/C17H27N3O3.2ClH/c1-13-4-5-16(23-13)15(20-7-9-22-10-8-20)12-19-17(21)14-3-2-6-18-11-14;;/h4-5,14-15,18H,2-3,6-12H2,1H3,(H,19,21);2*1H. The number of ether oxygens (including phenoxy) is 1. The van der Waals surface area contributed by atoms with Crippen molar-refractivity contribution >= 4 is 30.7 Å². The number of morpholine rings is 1. The van der Waals surface area contributed by atoms with Gasteiger partial charge in [-0.25, -0.2) is 0 Å². The Kier molecular flexibility index (Phi) is 9.82. The van der Waals surface area contributed by atoms with Crippen molar-refractivity contribution in [2.45, 2.75) is 25.8 Å². The molecule has 3 rings (SSSR count). The summed E-state index contributed by atoms with van der Waals surface area (Å²) in [7, 11) is 0. The highest BCUT2D eigenvalue weighted by molar-refractivity contribution is 5.85.